The van der Waals surface area contributed by atoms with Gasteiger partial charge in [-0.05, 0) is 19.8 Å². The van der Waals surface area contributed by atoms with Gasteiger partial charge in [0.25, 0.3) is 0 Å². The molecule has 1 aromatic heterocycles. The Kier molecular flexibility index (Phi) is 3.68. The molecular weight excluding hydrogens is 244 g/mol. The maximum absolute atomic E-state index is 10.3. The normalized spacial score (nSPS) is 24.1. The van der Waals surface area contributed by atoms with Gasteiger partial charge in [0, 0.05) is 6.61 Å². The van der Waals surface area contributed by atoms with Gasteiger partial charge < -0.3 is 14.4 Å². The molecule has 2 rings (SSSR count). The molecule has 0 saturated carbocycles. The van der Waals surface area contributed by atoms with E-state index < -0.39 is 11.6 Å². The number of ether oxygens (including phenoxy) is 1. The first-order chi connectivity index (χ1) is 8.10. The molecule has 0 radical (unpaired) electrons. The van der Waals surface area contributed by atoms with E-state index in [1.54, 1.807) is 0 Å². The van der Waals surface area contributed by atoms with Crippen molar-refractivity contribution in [3.05, 3.63) is 11.7 Å². The highest BCUT2D eigenvalue weighted by Gasteiger charge is 2.36. The van der Waals surface area contributed by atoms with E-state index in [2.05, 4.69) is 10.1 Å². The molecule has 0 bridgehead atoms. The lowest BCUT2D eigenvalue weighted by molar-refractivity contribution is -0.133. The van der Waals surface area contributed by atoms with E-state index in [-0.39, 0.29) is 5.75 Å². The average Bonchev–Trinajstić information content (AvgIpc) is 2.87. The van der Waals surface area contributed by atoms with Crippen molar-refractivity contribution >= 4 is 17.7 Å². The summed E-state index contributed by atoms with van der Waals surface area (Å²) in [5.74, 6) is 0.602. The molecule has 0 aromatic carbocycles. The Morgan fingerprint density at radius 3 is 3.12 bits per heavy atom. The lowest BCUT2D eigenvalue weighted by Crippen LogP contribution is -2.21. The molecule has 1 unspecified atom stereocenters. The third kappa shape index (κ3) is 2.98. The van der Waals surface area contributed by atoms with Gasteiger partial charge in [-0.2, -0.15) is 4.98 Å². The highest BCUT2D eigenvalue weighted by molar-refractivity contribution is 7.99. The largest absolute Gasteiger partial charge is 0.481 e. The van der Waals surface area contributed by atoms with Crippen LogP contribution in [0.1, 0.15) is 31.5 Å². The summed E-state index contributed by atoms with van der Waals surface area (Å²) in [7, 11) is 0. The lowest BCUT2D eigenvalue weighted by atomic mass is 10.0. The molecule has 1 atom stereocenters. The van der Waals surface area contributed by atoms with Crippen LogP contribution in [-0.2, 0) is 20.9 Å². The number of aromatic nitrogens is 2. The summed E-state index contributed by atoms with van der Waals surface area (Å²) >= 11 is 1.23. The maximum atomic E-state index is 10.3. The summed E-state index contributed by atoms with van der Waals surface area (Å²) in [6, 6.07) is 0. The molecule has 1 aromatic rings. The van der Waals surface area contributed by atoms with Gasteiger partial charge in [-0.1, -0.05) is 5.16 Å². The second-order valence-corrected chi connectivity index (χ2v) is 5.07. The molecular formula is C10H14N2O4S. The van der Waals surface area contributed by atoms with Crippen LogP contribution in [0.4, 0.5) is 0 Å². The Labute approximate surface area is 103 Å². The van der Waals surface area contributed by atoms with Gasteiger partial charge in [0.15, 0.2) is 0 Å². The van der Waals surface area contributed by atoms with Gasteiger partial charge in [-0.15, -0.1) is 11.8 Å². The monoisotopic (exact) mass is 258 g/mol. The molecule has 0 aliphatic carbocycles. The fourth-order valence-corrected chi connectivity index (χ4v) is 2.28. The summed E-state index contributed by atoms with van der Waals surface area (Å²) in [4.78, 5) is 14.6. The fraction of sp³-hybridized carbons (Fsp3) is 0.700. The van der Waals surface area contributed by atoms with Crippen molar-refractivity contribution in [3.63, 3.8) is 0 Å². The Morgan fingerprint density at radius 2 is 2.47 bits per heavy atom. The first-order valence-electron chi connectivity index (χ1n) is 5.37. The minimum atomic E-state index is -0.846. The predicted octanol–water partition coefficient (Wildman–Crippen LogP) is 1.41. The molecule has 1 fully saturated rings. The molecule has 1 aliphatic rings. The summed E-state index contributed by atoms with van der Waals surface area (Å²) in [6.45, 7) is 2.66. The standard InChI is InChI=1S/C10H14N2O4S/c1-10(3-2-4-15-10)9-11-7(16-12-9)5-17-6-8(13)14/h2-6H2,1H3,(H,13,14). The highest BCUT2D eigenvalue weighted by Crippen LogP contribution is 2.33. The average molecular weight is 258 g/mol. The van der Waals surface area contributed by atoms with Crippen LogP contribution >= 0.6 is 11.8 Å². The smallest absolute Gasteiger partial charge is 0.313 e. The van der Waals surface area contributed by atoms with E-state index in [1.807, 2.05) is 6.92 Å². The van der Waals surface area contributed by atoms with Gasteiger partial charge >= 0.3 is 5.97 Å². The van der Waals surface area contributed by atoms with Crippen molar-refractivity contribution < 1.29 is 19.2 Å². The second-order valence-electron chi connectivity index (χ2n) is 4.08. The fourth-order valence-electron chi connectivity index (χ4n) is 1.71. The van der Waals surface area contributed by atoms with E-state index in [4.69, 9.17) is 14.4 Å². The molecule has 7 heteroatoms. The third-order valence-electron chi connectivity index (χ3n) is 2.61. The minimum Gasteiger partial charge on any atom is -0.481 e. The van der Waals surface area contributed by atoms with Crippen LogP contribution < -0.4 is 0 Å². The van der Waals surface area contributed by atoms with Gasteiger partial charge in [-0.25, -0.2) is 0 Å². The zero-order valence-corrected chi connectivity index (χ0v) is 10.3. The zero-order chi connectivity index (χ0) is 12.3. The molecule has 94 valence electrons. The summed E-state index contributed by atoms with van der Waals surface area (Å²) in [5.41, 5.74) is -0.445. The number of hydrogen-bond acceptors (Lipinski definition) is 6. The van der Waals surface area contributed by atoms with E-state index >= 15 is 0 Å². The molecule has 1 aliphatic heterocycles. The predicted molar refractivity (Wildman–Crippen MR) is 60.6 cm³/mol. The van der Waals surface area contributed by atoms with Gasteiger partial charge in [0.2, 0.25) is 11.7 Å². The quantitative estimate of drug-likeness (QED) is 0.854. The molecule has 1 saturated heterocycles. The molecule has 0 amide bonds. The number of carbonyl (C=O) groups is 1. The molecule has 2 heterocycles. The summed E-state index contributed by atoms with van der Waals surface area (Å²) in [5, 5.41) is 12.4. The first kappa shape index (κ1) is 12.4. The van der Waals surface area contributed by atoms with E-state index in [0.717, 1.165) is 12.8 Å². The van der Waals surface area contributed by atoms with Crippen molar-refractivity contribution in [2.45, 2.75) is 31.1 Å². The van der Waals surface area contributed by atoms with Crippen LogP contribution in [0, 0.1) is 0 Å². The Balaban J connectivity index is 1.93. The Hall–Kier alpha value is -1.08. The number of rotatable bonds is 5. The SMILES string of the molecule is CC1(c2noc(CSCC(=O)O)n2)CCCO1. The highest BCUT2D eigenvalue weighted by atomic mass is 32.2. The molecule has 6 nitrogen and oxygen atoms in total. The third-order valence-corrected chi connectivity index (χ3v) is 3.51. The molecule has 1 N–H and O–H groups in total. The van der Waals surface area contributed by atoms with Crippen molar-refractivity contribution in [1.29, 1.82) is 0 Å². The van der Waals surface area contributed by atoms with E-state index in [9.17, 15) is 4.79 Å². The van der Waals surface area contributed by atoms with Crippen molar-refractivity contribution in [2.75, 3.05) is 12.4 Å². The van der Waals surface area contributed by atoms with Crippen molar-refractivity contribution in [2.24, 2.45) is 0 Å². The minimum absolute atomic E-state index is 0.0332. The Bertz CT molecular complexity index is 401. The van der Waals surface area contributed by atoms with Crippen LogP contribution in [0.5, 0.6) is 0 Å². The van der Waals surface area contributed by atoms with Crippen molar-refractivity contribution in [1.82, 2.24) is 10.1 Å². The summed E-state index contributed by atoms with van der Waals surface area (Å²) in [6.07, 6.45) is 1.88. The molecule has 0 spiro atoms. The number of carboxylic acids is 1. The zero-order valence-electron chi connectivity index (χ0n) is 9.51. The molecule has 17 heavy (non-hydrogen) atoms. The van der Waals surface area contributed by atoms with Gasteiger partial charge in [-0.3, -0.25) is 4.79 Å². The number of thioether (sulfide) groups is 1. The van der Waals surface area contributed by atoms with E-state index in [1.165, 1.54) is 11.8 Å². The number of carboxylic acid groups (broad SMARTS) is 1. The maximum Gasteiger partial charge on any atom is 0.313 e. The van der Waals surface area contributed by atoms with Crippen LogP contribution in [0.25, 0.3) is 0 Å². The van der Waals surface area contributed by atoms with E-state index in [0.29, 0.717) is 24.1 Å². The van der Waals surface area contributed by atoms with Gasteiger partial charge in [0.1, 0.15) is 5.60 Å². The number of aliphatic carboxylic acids is 1. The topological polar surface area (TPSA) is 85.5 Å². The van der Waals surface area contributed by atoms with Crippen LogP contribution in [0.2, 0.25) is 0 Å². The number of hydrogen-bond donors (Lipinski definition) is 1. The lowest BCUT2D eigenvalue weighted by Gasteiger charge is -2.17. The first-order valence-corrected chi connectivity index (χ1v) is 6.52. The van der Waals surface area contributed by atoms with Crippen LogP contribution in [0.15, 0.2) is 4.52 Å². The van der Waals surface area contributed by atoms with Gasteiger partial charge in [0.05, 0.1) is 11.5 Å². The Morgan fingerprint density at radius 1 is 1.65 bits per heavy atom. The second kappa shape index (κ2) is 5.05. The van der Waals surface area contributed by atoms with Crippen molar-refractivity contribution in [3.8, 4) is 0 Å². The number of nitrogens with zero attached hydrogens (tertiary/aromatic N) is 2. The van der Waals surface area contributed by atoms with Crippen LogP contribution in [0.3, 0.4) is 0 Å². The summed E-state index contributed by atoms with van der Waals surface area (Å²) < 4.78 is 10.7. The van der Waals surface area contributed by atoms with Crippen LogP contribution in [-0.4, -0.2) is 33.6 Å².